The van der Waals surface area contributed by atoms with Gasteiger partial charge in [-0.05, 0) is 38.8 Å². The van der Waals surface area contributed by atoms with Crippen LogP contribution in [0.4, 0.5) is 10.5 Å². The van der Waals surface area contributed by atoms with Crippen molar-refractivity contribution >= 4 is 11.7 Å². The molecule has 0 saturated heterocycles. The van der Waals surface area contributed by atoms with Crippen LogP contribution in [0.1, 0.15) is 26.7 Å². The van der Waals surface area contributed by atoms with Crippen LogP contribution in [-0.4, -0.2) is 29.4 Å². The van der Waals surface area contributed by atoms with Crippen molar-refractivity contribution in [2.75, 3.05) is 11.9 Å². The number of carbonyl (C=O) groups excluding carboxylic acids is 1. The van der Waals surface area contributed by atoms with Gasteiger partial charge in [-0.25, -0.2) is 4.79 Å². The Labute approximate surface area is 118 Å². The summed E-state index contributed by atoms with van der Waals surface area (Å²) >= 11 is 0. The molecule has 0 radical (unpaired) electrons. The van der Waals surface area contributed by atoms with E-state index in [0.717, 1.165) is 12.8 Å². The maximum atomic E-state index is 11.9. The van der Waals surface area contributed by atoms with Gasteiger partial charge in [0.15, 0.2) is 0 Å². The average molecular weight is 279 g/mol. The van der Waals surface area contributed by atoms with E-state index in [2.05, 4.69) is 10.6 Å². The third-order valence-electron chi connectivity index (χ3n) is 3.44. The van der Waals surface area contributed by atoms with Crippen LogP contribution in [0.25, 0.3) is 0 Å². The number of aryl methyl sites for hydroxylation is 1. The molecule has 0 aromatic carbocycles. The average Bonchev–Trinajstić information content (AvgIpc) is 2.39. The van der Waals surface area contributed by atoms with Gasteiger partial charge in [-0.15, -0.1) is 0 Å². The van der Waals surface area contributed by atoms with Gasteiger partial charge >= 0.3 is 6.03 Å². The number of hydrogen-bond donors (Lipinski definition) is 2. The number of aromatic nitrogens is 1. The van der Waals surface area contributed by atoms with E-state index >= 15 is 0 Å². The molecular weight excluding hydrogens is 258 g/mol. The molecule has 6 heteroatoms. The minimum atomic E-state index is -0.337. The summed E-state index contributed by atoms with van der Waals surface area (Å²) in [5.41, 5.74) is 0.110. The Hall–Kier alpha value is -1.82. The van der Waals surface area contributed by atoms with Gasteiger partial charge in [0.1, 0.15) is 5.69 Å². The predicted octanol–water partition coefficient (Wildman–Crippen LogP) is 1.56. The molecule has 2 rings (SSSR count). The Balaban J connectivity index is 1.85. The third-order valence-corrected chi connectivity index (χ3v) is 3.44. The van der Waals surface area contributed by atoms with Crippen LogP contribution in [-0.2, 0) is 11.3 Å². The van der Waals surface area contributed by atoms with Crippen molar-refractivity contribution in [2.24, 2.45) is 0 Å². The van der Waals surface area contributed by atoms with Crippen LogP contribution in [0.2, 0.25) is 0 Å². The number of nitrogens with zero attached hydrogens (tertiary/aromatic N) is 1. The number of pyridine rings is 1. The molecule has 0 unspecified atom stereocenters. The number of urea groups is 1. The molecule has 0 aliphatic heterocycles. The summed E-state index contributed by atoms with van der Waals surface area (Å²) in [4.78, 5) is 23.8. The fourth-order valence-electron chi connectivity index (χ4n) is 2.28. The van der Waals surface area contributed by atoms with E-state index in [1.165, 1.54) is 0 Å². The number of rotatable bonds is 5. The summed E-state index contributed by atoms with van der Waals surface area (Å²) in [5, 5.41) is 5.45. The van der Waals surface area contributed by atoms with Crippen LogP contribution in [0.5, 0.6) is 0 Å². The first kappa shape index (κ1) is 14.6. The van der Waals surface area contributed by atoms with Crippen molar-refractivity contribution < 1.29 is 9.53 Å². The number of ether oxygens (including phenoxy) is 1. The zero-order chi connectivity index (χ0) is 14.5. The van der Waals surface area contributed by atoms with Crippen molar-refractivity contribution in [1.82, 2.24) is 9.88 Å². The summed E-state index contributed by atoms with van der Waals surface area (Å²) in [6.45, 7) is 5.12. The molecule has 1 fully saturated rings. The molecule has 0 spiro atoms. The first-order valence-corrected chi connectivity index (χ1v) is 7.02. The summed E-state index contributed by atoms with van der Waals surface area (Å²) in [7, 11) is 0. The van der Waals surface area contributed by atoms with Gasteiger partial charge in [0, 0.05) is 25.4 Å². The maximum Gasteiger partial charge on any atom is 0.319 e. The molecule has 0 atom stereocenters. The van der Waals surface area contributed by atoms with Crippen molar-refractivity contribution in [3.63, 3.8) is 0 Å². The minimum absolute atomic E-state index is 0.128. The second-order valence-electron chi connectivity index (χ2n) is 4.86. The van der Waals surface area contributed by atoms with Crippen LogP contribution in [0.3, 0.4) is 0 Å². The fourth-order valence-corrected chi connectivity index (χ4v) is 2.28. The molecule has 1 aliphatic rings. The van der Waals surface area contributed by atoms with Crippen molar-refractivity contribution in [3.8, 4) is 0 Å². The standard InChI is InChI=1S/C14H21N3O3/c1-3-17-7-5-6-12(13(17)18)16-14(19)15-10-8-11(9-10)20-4-2/h5-7,10-11H,3-4,8-9H2,1-2H3,(H2,15,16,19). The third kappa shape index (κ3) is 3.39. The smallest absolute Gasteiger partial charge is 0.319 e. The van der Waals surface area contributed by atoms with E-state index in [0.29, 0.717) is 18.8 Å². The molecule has 1 saturated carbocycles. The molecule has 6 nitrogen and oxygen atoms in total. The van der Waals surface area contributed by atoms with Gasteiger partial charge in [-0.2, -0.15) is 0 Å². The quantitative estimate of drug-likeness (QED) is 0.859. The van der Waals surface area contributed by atoms with Gasteiger partial charge in [0.2, 0.25) is 0 Å². The topological polar surface area (TPSA) is 72.4 Å². The Bertz CT molecular complexity index is 521. The number of carbonyl (C=O) groups is 1. The second kappa shape index (κ2) is 6.56. The molecule has 1 aromatic heterocycles. The van der Waals surface area contributed by atoms with E-state index in [-0.39, 0.29) is 23.7 Å². The monoisotopic (exact) mass is 279 g/mol. The van der Waals surface area contributed by atoms with Crippen LogP contribution < -0.4 is 16.2 Å². The lowest BCUT2D eigenvalue weighted by atomic mass is 9.89. The molecule has 110 valence electrons. The Morgan fingerprint density at radius 3 is 2.85 bits per heavy atom. The molecule has 2 amide bonds. The summed E-state index contributed by atoms with van der Waals surface area (Å²) in [5.74, 6) is 0. The minimum Gasteiger partial charge on any atom is -0.378 e. The molecule has 1 heterocycles. The van der Waals surface area contributed by atoms with Crippen LogP contribution in [0, 0.1) is 0 Å². The number of anilines is 1. The maximum absolute atomic E-state index is 11.9. The fraction of sp³-hybridized carbons (Fsp3) is 0.571. The van der Waals surface area contributed by atoms with E-state index < -0.39 is 0 Å². The summed E-state index contributed by atoms with van der Waals surface area (Å²) < 4.78 is 6.98. The summed E-state index contributed by atoms with van der Waals surface area (Å²) in [6.07, 6.45) is 3.61. The lowest BCUT2D eigenvalue weighted by molar-refractivity contribution is -0.00673. The van der Waals surface area contributed by atoms with E-state index in [4.69, 9.17) is 4.74 Å². The predicted molar refractivity (Wildman–Crippen MR) is 77.0 cm³/mol. The zero-order valence-electron chi connectivity index (χ0n) is 11.9. The van der Waals surface area contributed by atoms with Crippen LogP contribution in [0.15, 0.2) is 23.1 Å². The lowest BCUT2D eigenvalue weighted by Gasteiger charge is -2.35. The first-order chi connectivity index (χ1) is 9.63. The highest BCUT2D eigenvalue weighted by atomic mass is 16.5. The van der Waals surface area contributed by atoms with Gasteiger partial charge in [0.05, 0.1) is 6.10 Å². The highest BCUT2D eigenvalue weighted by Crippen LogP contribution is 2.23. The highest BCUT2D eigenvalue weighted by Gasteiger charge is 2.30. The van der Waals surface area contributed by atoms with Crippen molar-refractivity contribution in [2.45, 2.75) is 45.4 Å². The number of hydrogen-bond acceptors (Lipinski definition) is 3. The highest BCUT2D eigenvalue weighted by molar-refractivity contribution is 5.89. The largest absolute Gasteiger partial charge is 0.378 e. The Morgan fingerprint density at radius 1 is 1.45 bits per heavy atom. The Morgan fingerprint density at radius 2 is 2.20 bits per heavy atom. The van der Waals surface area contributed by atoms with E-state index in [9.17, 15) is 9.59 Å². The zero-order valence-corrected chi connectivity index (χ0v) is 11.9. The van der Waals surface area contributed by atoms with Gasteiger partial charge in [-0.3, -0.25) is 4.79 Å². The summed E-state index contributed by atoms with van der Waals surface area (Å²) in [6, 6.07) is 3.15. The SMILES string of the molecule is CCOC1CC(NC(=O)Nc2cccn(CC)c2=O)C1. The molecular formula is C14H21N3O3. The normalized spacial score (nSPS) is 21.1. The molecule has 1 aromatic rings. The number of amides is 2. The molecule has 20 heavy (non-hydrogen) atoms. The van der Waals surface area contributed by atoms with E-state index in [1.54, 1.807) is 22.9 Å². The molecule has 1 aliphatic carbocycles. The Kier molecular flexibility index (Phi) is 4.79. The van der Waals surface area contributed by atoms with Gasteiger partial charge < -0.3 is 19.9 Å². The van der Waals surface area contributed by atoms with Crippen LogP contribution >= 0.6 is 0 Å². The lowest BCUT2D eigenvalue weighted by Crippen LogP contribution is -2.49. The number of nitrogens with one attached hydrogen (secondary N) is 2. The van der Waals surface area contributed by atoms with E-state index in [1.807, 2.05) is 13.8 Å². The second-order valence-corrected chi connectivity index (χ2v) is 4.86. The molecule has 2 N–H and O–H groups in total. The molecule has 0 bridgehead atoms. The van der Waals surface area contributed by atoms with Crippen molar-refractivity contribution in [3.05, 3.63) is 28.7 Å². The van der Waals surface area contributed by atoms with Gasteiger partial charge in [-0.1, -0.05) is 0 Å². The first-order valence-electron chi connectivity index (χ1n) is 7.02. The van der Waals surface area contributed by atoms with Gasteiger partial charge in [0.25, 0.3) is 5.56 Å². The van der Waals surface area contributed by atoms with Crippen molar-refractivity contribution in [1.29, 1.82) is 0 Å².